The van der Waals surface area contributed by atoms with E-state index in [1.165, 1.54) is 11.8 Å². The van der Waals surface area contributed by atoms with Gasteiger partial charge in [-0.25, -0.2) is 4.68 Å². The minimum absolute atomic E-state index is 0.0144. The van der Waals surface area contributed by atoms with Crippen molar-refractivity contribution >= 4 is 52.3 Å². The third-order valence-corrected chi connectivity index (χ3v) is 9.03. The van der Waals surface area contributed by atoms with Gasteiger partial charge in [0.1, 0.15) is 18.1 Å². The molecule has 6 nitrogen and oxygen atoms in total. The highest BCUT2D eigenvalue weighted by atomic mass is 35.5. The normalized spacial score (nSPS) is 16.2. The summed E-state index contributed by atoms with van der Waals surface area (Å²) in [6, 6.07) is 19.8. The number of carbonyl (C=O) groups is 2. The molecule has 0 unspecified atom stereocenters. The third kappa shape index (κ3) is 5.25. The second-order valence-electron chi connectivity index (χ2n) is 9.36. The molecule has 38 heavy (non-hydrogen) atoms. The Morgan fingerprint density at radius 2 is 2.00 bits per heavy atom. The highest BCUT2D eigenvalue weighted by Gasteiger charge is 2.38. The zero-order valence-electron chi connectivity index (χ0n) is 21.5. The van der Waals surface area contributed by atoms with Gasteiger partial charge in [-0.15, -0.1) is 23.1 Å². The van der Waals surface area contributed by atoms with E-state index >= 15 is 0 Å². The van der Waals surface area contributed by atoms with Crippen molar-refractivity contribution in [3.8, 4) is 16.3 Å². The summed E-state index contributed by atoms with van der Waals surface area (Å²) >= 11 is 9.57. The molecular weight excluding hydrogens is 536 g/mol. The van der Waals surface area contributed by atoms with E-state index in [1.54, 1.807) is 16.2 Å². The van der Waals surface area contributed by atoms with Gasteiger partial charge in [0, 0.05) is 16.6 Å². The van der Waals surface area contributed by atoms with E-state index in [4.69, 9.17) is 16.7 Å². The zero-order chi connectivity index (χ0) is 26.8. The Labute approximate surface area is 236 Å². The number of thioether (sulfide) groups is 1. The van der Waals surface area contributed by atoms with Crippen molar-refractivity contribution in [2.24, 2.45) is 0 Å². The monoisotopic (exact) mass is 564 g/mol. The number of hydrogen-bond donors (Lipinski definition) is 1. The van der Waals surface area contributed by atoms with Crippen LogP contribution < -0.4 is 10.2 Å². The molecule has 1 aliphatic rings. The maximum absolute atomic E-state index is 13.7. The summed E-state index contributed by atoms with van der Waals surface area (Å²) in [5.74, 6) is 0.523. The molecule has 0 spiro atoms. The number of amides is 2. The van der Waals surface area contributed by atoms with E-state index in [2.05, 4.69) is 5.32 Å². The maximum Gasteiger partial charge on any atom is 0.240 e. The van der Waals surface area contributed by atoms with E-state index in [0.29, 0.717) is 10.8 Å². The van der Waals surface area contributed by atoms with Gasteiger partial charge in [0.15, 0.2) is 0 Å². The Kier molecular flexibility index (Phi) is 7.93. The van der Waals surface area contributed by atoms with Gasteiger partial charge in [0.05, 0.1) is 21.6 Å². The first-order valence-electron chi connectivity index (χ1n) is 12.6. The minimum atomic E-state index is -0.204. The van der Waals surface area contributed by atoms with Gasteiger partial charge in [0.25, 0.3) is 0 Å². The molecule has 196 valence electrons. The number of aryl methyl sites for hydroxylation is 1. The number of rotatable bonds is 7. The van der Waals surface area contributed by atoms with E-state index in [0.717, 1.165) is 39.4 Å². The number of thiophene rings is 1. The van der Waals surface area contributed by atoms with Gasteiger partial charge in [0.2, 0.25) is 11.8 Å². The first-order chi connectivity index (χ1) is 18.4. The molecule has 9 heteroatoms. The van der Waals surface area contributed by atoms with Crippen LogP contribution in [-0.2, 0) is 9.59 Å². The van der Waals surface area contributed by atoms with Crippen LogP contribution in [0.5, 0.6) is 0 Å². The number of halogens is 1. The minimum Gasteiger partial charge on any atom is -0.352 e. The molecule has 3 heterocycles. The fraction of sp³-hybridized carbons (Fsp3) is 0.276. The third-order valence-electron chi connectivity index (χ3n) is 6.66. The number of benzene rings is 2. The van der Waals surface area contributed by atoms with Crippen LogP contribution in [0.25, 0.3) is 16.3 Å². The molecule has 2 aromatic carbocycles. The fourth-order valence-electron chi connectivity index (χ4n) is 4.58. The van der Waals surface area contributed by atoms with Crippen molar-refractivity contribution in [2.45, 2.75) is 38.5 Å². The van der Waals surface area contributed by atoms with Crippen LogP contribution in [0, 0.1) is 6.92 Å². The summed E-state index contributed by atoms with van der Waals surface area (Å²) in [5.41, 5.74) is 4.58. The molecular formula is C29H29ClN4O2S2. The first-order valence-corrected chi connectivity index (χ1v) is 14.9. The second kappa shape index (κ2) is 11.4. The number of nitrogens with zero attached hydrogens (tertiary/aromatic N) is 3. The summed E-state index contributed by atoms with van der Waals surface area (Å²) in [5, 5.41) is 10.6. The topological polar surface area (TPSA) is 67.2 Å². The van der Waals surface area contributed by atoms with Crippen LogP contribution in [0.15, 0.2) is 66.0 Å². The standard InChI is InChI=1S/C29H29ClN4O2S2/c1-4-19(3)31-24(35)16-33-25(36)17-38-28(20-10-7-11-21(30)15-20)26-27(23-13-8-14-37-23)32-34(29(26)33)22-12-6-5-9-18(22)2/h5-15,19,28H,4,16-17H2,1-3H3,(H,31,35)/t19-,28-/m0/s1. The van der Waals surface area contributed by atoms with Gasteiger partial charge >= 0.3 is 0 Å². The average molecular weight is 565 g/mol. The van der Waals surface area contributed by atoms with Crippen LogP contribution in [-0.4, -0.2) is 39.9 Å². The van der Waals surface area contributed by atoms with Crippen LogP contribution in [0.2, 0.25) is 5.02 Å². The quantitative estimate of drug-likeness (QED) is 0.273. The summed E-state index contributed by atoms with van der Waals surface area (Å²) < 4.78 is 1.84. The van der Waals surface area contributed by atoms with Gasteiger partial charge < -0.3 is 5.32 Å². The van der Waals surface area contributed by atoms with E-state index in [1.807, 2.05) is 91.5 Å². The second-order valence-corrected chi connectivity index (χ2v) is 11.8. The lowest BCUT2D eigenvalue weighted by Gasteiger charge is -2.24. The summed E-state index contributed by atoms with van der Waals surface area (Å²) in [7, 11) is 0. The van der Waals surface area contributed by atoms with Crippen molar-refractivity contribution in [3.05, 3.63) is 87.8 Å². The molecule has 0 saturated carbocycles. The number of hydrogen-bond acceptors (Lipinski definition) is 5. The number of carbonyl (C=O) groups excluding carboxylic acids is 2. The van der Waals surface area contributed by atoms with Crippen molar-refractivity contribution in [1.29, 1.82) is 0 Å². The molecule has 2 amide bonds. The Morgan fingerprint density at radius 3 is 2.71 bits per heavy atom. The van der Waals surface area contributed by atoms with E-state index < -0.39 is 0 Å². The Morgan fingerprint density at radius 1 is 1.18 bits per heavy atom. The van der Waals surface area contributed by atoms with Gasteiger partial charge in [-0.2, -0.15) is 5.10 Å². The summed E-state index contributed by atoms with van der Waals surface area (Å²) in [6.07, 6.45) is 0.807. The summed E-state index contributed by atoms with van der Waals surface area (Å²) in [6.45, 7) is 5.92. The molecule has 0 fully saturated rings. The van der Waals surface area contributed by atoms with Gasteiger partial charge in [-0.1, -0.05) is 54.9 Å². The first kappa shape index (κ1) is 26.5. The molecule has 0 aliphatic carbocycles. The lowest BCUT2D eigenvalue weighted by atomic mass is 10.0. The van der Waals surface area contributed by atoms with Gasteiger partial charge in [-0.05, 0) is 61.0 Å². The molecule has 0 radical (unpaired) electrons. The number of para-hydroxylation sites is 1. The van der Waals surface area contributed by atoms with Crippen LogP contribution in [0.4, 0.5) is 5.82 Å². The van der Waals surface area contributed by atoms with Gasteiger partial charge in [-0.3, -0.25) is 14.5 Å². The Balaban J connectivity index is 1.78. The molecule has 0 saturated heterocycles. The lowest BCUT2D eigenvalue weighted by Crippen LogP contribution is -2.44. The predicted octanol–water partition coefficient (Wildman–Crippen LogP) is 6.65. The zero-order valence-corrected chi connectivity index (χ0v) is 23.9. The average Bonchev–Trinajstić information content (AvgIpc) is 3.53. The number of anilines is 1. The SMILES string of the molecule is CC[C@H](C)NC(=O)CN1C(=O)CS[C@@H](c2cccc(Cl)c2)c2c(-c3cccs3)nn(-c3ccccc3C)c21. The van der Waals surface area contributed by atoms with Crippen molar-refractivity contribution in [3.63, 3.8) is 0 Å². The van der Waals surface area contributed by atoms with Crippen molar-refractivity contribution in [2.75, 3.05) is 17.2 Å². The Hall–Kier alpha value is -3.07. The molecule has 5 rings (SSSR count). The Bertz CT molecular complexity index is 1470. The van der Waals surface area contributed by atoms with Crippen molar-refractivity contribution < 1.29 is 9.59 Å². The molecule has 4 aromatic rings. The number of aromatic nitrogens is 2. The largest absolute Gasteiger partial charge is 0.352 e. The molecule has 1 N–H and O–H groups in total. The van der Waals surface area contributed by atoms with Crippen LogP contribution in [0.1, 0.15) is 42.2 Å². The fourth-order valence-corrected chi connectivity index (χ4v) is 6.69. The highest BCUT2D eigenvalue weighted by molar-refractivity contribution is 8.00. The van der Waals surface area contributed by atoms with E-state index in [9.17, 15) is 9.59 Å². The maximum atomic E-state index is 13.7. The molecule has 2 atom stereocenters. The van der Waals surface area contributed by atoms with Crippen LogP contribution in [0.3, 0.4) is 0 Å². The highest BCUT2D eigenvalue weighted by Crippen LogP contribution is 2.49. The van der Waals surface area contributed by atoms with Crippen molar-refractivity contribution in [1.82, 2.24) is 15.1 Å². The number of nitrogens with one attached hydrogen (secondary N) is 1. The molecule has 2 aromatic heterocycles. The molecule has 0 bridgehead atoms. The van der Waals surface area contributed by atoms with E-state index in [-0.39, 0.29) is 35.4 Å². The smallest absolute Gasteiger partial charge is 0.240 e. The predicted molar refractivity (Wildman–Crippen MR) is 158 cm³/mol. The number of fused-ring (bicyclic) bond motifs is 1. The molecule has 1 aliphatic heterocycles. The summed E-state index contributed by atoms with van der Waals surface area (Å²) in [4.78, 5) is 29.5. The lowest BCUT2D eigenvalue weighted by molar-refractivity contribution is -0.123. The van der Waals surface area contributed by atoms with Crippen LogP contribution >= 0.6 is 34.7 Å².